The third-order valence-corrected chi connectivity index (χ3v) is 2.82. The molecule has 2 aromatic rings. The lowest BCUT2D eigenvalue weighted by Gasteiger charge is -2.10. The van der Waals surface area contributed by atoms with Crippen LogP contribution in [0.1, 0.15) is 12.6 Å². The van der Waals surface area contributed by atoms with Crippen LogP contribution in [0.15, 0.2) is 48.7 Å². The first-order chi connectivity index (χ1) is 8.90. The quantitative estimate of drug-likeness (QED) is 0.810. The summed E-state index contributed by atoms with van der Waals surface area (Å²) in [5.41, 5.74) is 1.30. The van der Waals surface area contributed by atoms with E-state index in [9.17, 15) is 0 Å². The number of hydrogen-bond donors (Lipinski definition) is 1. The topological polar surface area (TPSA) is 26.2 Å². The van der Waals surface area contributed by atoms with Crippen molar-refractivity contribution in [2.45, 2.75) is 20.0 Å². The second kappa shape index (κ2) is 6.87. The number of nitrogens with zero attached hydrogens (tertiary/aromatic N) is 1. The van der Waals surface area contributed by atoms with Crippen LogP contribution in [0.5, 0.6) is 5.75 Å². The number of benzene rings is 1. The molecule has 96 valence electrons. The molecule has 18 heavy (non-hydrogen) atoms. The van der Waals surface area contributed by atoms with Gasteiger partial charge in [0.25, 0.3) is 0 Å². The Kier molecular flexibility index (Phi) is 4.85. The van der Waals surface area contributed by atoms with E-state index < -0.39 is 0 Å². The first kappa shape index (κ1) is 12.7. The largest absolute Gasteiger partial charge is 0.492 e. The molecule has 1 N–H and O–H groups in total. The van der Waals surface area contributed by atoms with Crippen molar-refractivity contribution in [3.8, 4) is 5.75 Å². The van der Waals surface area contributed by atoms with E-state index in [2.05, 4.69) is 35.1 Å². The maximum absolute atomic E-state index is 5.70. The molecule has 3 heteroatoms. The van der Waals surface area contributed by atoms with Crippen molar-refractivity contribution in [3.05, 3.63) is 54.4 Å². The van der Waals surface area contributed by atoms with Crippen LogP contribution in [0, 0.1) is 0 Å². The third-order valence-electron chi connectivity index (χ3n) is 2.82. The Labute approximate surface area is 108 Å². The summed E-state index contributed by atoms with van der Waals surface area (Å²) in [5.74, 6) is 0.929. The number of nitrogens with one attached hydrogen (secondary N) is 1. The minimum atomic E-state index is 0.692. The molecule has 3 nitrogen and oxygen atoms in total. The molecule has 0 radical (unpaired) electrons. The molecule has 0 atom stereocenters. The van der Waals surface area contributed by atoms with Gasteiger partial charge in [0.15, 0.2) is 0 Å². The smallest absolute Gasteiger partial charge is 0.119 e. The summed E-state index contributed by atoms with van der Waals surface area (Å²) < 4.78 is 7.93. The number of rotatable bonds is 7. The predicted octanol–water partition coefficient (Wildman–Crippen LogP) is 2.68. The molecular formula is C15H20N2O. The Hall–Kier alpha value is -1.74. The standard InChI is InChI=1S/C15H20N2O/c1-2-16-13-14-7-6-10-17(14)11-12-18-15-8-4-3-5-9-15/h3-10,16H,2,11-13H2,1H3. The van der Waals surface area contributed by atoms with Crippen LogP contribution < -0.4 is 10.1 Å². The molecular weight excluding hydrogens is 224 g/mol. The fraction of sp³-hybridized carbons (Fsp3) is 0.333. The number of ether oxygens (including phenoxy) is 1. The van der Waals surface area contributed by atoms with E-state index in [1.54, 1.807) is 0 Å². The normalized spacial score (nSPS) is 10.5. The average Bonchev–Trinajstić information content (AvgIpc) is 2.85. The van der Waals surface area contributed by atoms with Crippen LogP contribution in [0.25, 0.3) is 0 Å². The molecule has 0 unspecified atom stereocenters. The van der Waals surface area contributed by atoms with Gasteiger partial charge in [-0.3, -0.25) is 0 Å². The first-order valence-electron chi connectivity index (χ1n) is 6.42. The zero-order valence-electron chi connectivity index (χ0n) is 10.8. The summed E-state index contributed by atoms with van der Waals surface area (Å²) in [7, 11) is 0. The molecule has 1 aromatic heterocycles. The molecule has 0 saturated carbocycles. The highest BCUT2D eigenvalue weighted by Crippen LogP contribution is 2.09. The van der Waals surface area contributed by atoms with Crippen molar-refractivity contribution in [1.82, 2.24) is 9.88 Å². The zero-order chi connectivity index (χ0) is 12.6. The fourth-order valence-electron chi connectivity index (χ4n) is 1.86. The summed E-state index contributed by atoms with van der Waals surface area (Å²) in [6.07, 6.45) is 2.10. The minimum Gasteiger partial charge on any atom is -0.492 e. The summed E-state index contributed by atoms with van der Waals surface area (Å²) in [6, 6.07) is 14.2. The highest BCUT2D eigenvalue weighted by Gasteiger charge is 2.00. The van der Waals surface area contributed by atoms with Gasteiger partial charge < -0.3 is 14.6 Å². The van der Waals surface area contributed by atoms with Crippen molar-refractivity contribution in [3.63, 3.8) is 0 Å². The Morgan fingerprint density at radius 3 is 2.72 bits per heavy atom. The second-order valence-electron chi connectivity index (χ2n) is 4.13. The van der Waals surface area contributed by atoms with E-state index in [4.69, 9.17) is 4.74 Å². The third kappa shape index (κ3) is 3.64. The second-order valence-corrected chi connectivity index (χ2v) is 4.13. The van der Waals surface area contributed by atoms with Gasteiger partial charge in [0, 0.05) is 18.4 Å². The maximum Gasteiger partial charge on any atom is 0.119 e. The van der Waals surface area contributed by atoms with Crippen molar-refractivity contribution < 1.29 is 4.74 Å². The Balaban J connectivity index is 1.81. The van der Waals surface area contributed by atoms with Gasteiger partial charge in [-0.25, -0.2) is 0 Å². The highest BCUT2D eigenvalue weighted by atomic mass is 16.5. The average molecular weight is 244 g/mol. The lowest BCUT2D eigenvalue weighted by atomic mass is 10.3. The molecule has 0 saturated heterocycles. The molecule has 0 spiro atoms. The van der Waals surface area contributed by atoms with E-state index in [0.717, 1.165) is 25.4 Å². The first-order valence-corrected chi connectivity index (χ1v) is 6.42. The van der Waals surface area contributed by atoms with Crippen molar-refractivity contribution in [2.75, 3.05) is 13.2 Å². The minimum absolute atomic E-state index is 0.692. The summed E-state index contributed by atoms with van der Waals surface area (Å²) in [4.78, 5) is 0. The monoisotopic (exact) mass is 244 g/mol. The Bertz CT molecular complexity index is 451. The van der Waals surface area contributed by atoms with Gasteiger partial charge in [0.05, 0.1) is 6.54 Å². The van der Waals surface area contributed by atoms with Crippen LogP contribution in [-0.2, 0) is 13.1 Å². The van der Waals surface area contributed by atoms with Crippen LogP contribution in [0.3, 0.4) is 0 Å². The van der Waals surface area contributed by atoms with Crippen LogP contribution >= 0.6 is 0 Å². The van der Waals surface area contributed by atoms with Crippen molar-refractivity contribution in [2.24, 2.45) is 0 Å². The molecule has 0 aliphatic carbocycles. The molecule has 0 fully saturated rings. The van der Waals surface area contributed by atoms with Gasteiger partial charge in [-0.15, -0.1) is 0 Å². The number of aromatic nitrogens is 1. The van der Waals surface area contributed by atoms with Gasteiger partial charge in [-0.1, -0.05) is 25.1 Å². The molecule has 0 bridgehead atoms. The van der Waals surface area contributed by atoms with E-state index in [0.29, 0.717) is 6.61 Å². The molecule has 0 amide bonds. The van der Waals surface area contributed by atoms with Crippen molar-refractivity contribution >= 4 is 0 Å². The predicted molar refractivity (Wildman–Crippen MR) is 73.7 cm³/mol. The molecule has 1 aromatic carbocycles. The van der Waals surface area contributed by atoms with Crippen LogP contribution in [0.4, 0.5) is 0 Å². The van der Waals surface area contributed by atoms with Crippen LogP contribution in [-0.4, -0.2) is 17.7 Å². The summed E-state index contributed by atoms with van der Waals surface area (Å²) in [6.45, 7) is 5.59. The number of para-hydroxylation sites is 1. The van der Waals surface area contributed by atoms with E-state index in [1.165, 1.54) is 5.69 Å². The molecule has 0 aliphatic heterocycles. The molecule has 0 aliphatic rings. The lowest BCUT2D eigenvalue weighted by molar-refractivity contribution is 0.296. The van der Waals surface area contributed by atoms with Gasteiger partial charge in [-0.2, -0.15) is 0 Å². The Morgan fingerprint density at radius 2 is 1.94 bits per heavy atom. The zero-order valence-corrected chi connectivity index (χ0v) is 10.8. The number of hydrogen-bond acceptors (Lipinski definition) is 2. The van der Waals surface area contributed by atoms with Gasteiger partial charge >= 0.3 is 0 Å². The summed E-state index contributed by atoms with van der Waals surface area (Å²) >= 11 is 0. The van der Waals surface area contributed by atoms with Gasteiger partial charge in [0.2, 0.25) is 0 Å². The Morgan fingerprint density at radius 1 is 1.11 bits per heavy atom. The van der Waals surface area contributed by atoms with Crippen LogP contribution in [0.2, 0.25) is 0 Å². The van der Waals surface area contributed by atoms with E-state index in [-0.39, 0.29) is 0 Å². The van der Waals surface area contributed by atoms with Crippen molar-refractivity contribution in [1.29, 1.82) is 0 Å². The lowest BCUT2D eigenvalue weighted by Crippen LogP contribution is -2.17. The fourth-order valence-corrected chi connectivity index (χ4v) is 1.86. The SMILES string of the molecule is CCNCc1cccn1CCOc1ccccc1. The summed E-state index contributed by atoms with van der Waals surface area (Å²) in [5, 5.41) is 3.34. The molecule has 1 heterocycles. The van der Waals surface area contributed by atoms with E-state index in [1.807, 2.05) is 30.3 Å². The maximum atomic E-state index is 5.70. The van der Waals surface area contributed by atoms with Gasteiger partial charge in [0.1, 0.15) is 12.4 Å². The van der Waals surface area contributed by atoms with Gasteiger partial charge in [-0.05, 0) is 30.8 Å². The van der Waals surface area contributed by atoms with E-state index >= 15 is 0 Å². The molecule has 2 rings (SSSR count). The highest BCUT2D eigenvalue weighted by molar-refractivity contribution is 5.20.